The van der Waals surface area contributed by atoms with Gasteiger partial charge in [-0.3, -0.25) is 4.79 Å². The number of hydrogen-bond acceptors (Lipinski definition) is 3. The third kappa shape index (κ3) is 4.01. The third-order valence-corrected chi connectivity index (χ3v) is 3.71. The first-order valence-electron chi connectivity index (χ1n) is 7.81. The molecule has 0 atom stereocenters. The topological polar surface area (TPSA) is 44.1 Å². The van der Waals surface area contributed by atoms with Crippen LogP contribution in [0.25, 0.3) is 17.3 Å². The number of hydrogen-bond donors (Lipinski definition) is 0. The zero-order valence-corrected chi connectivity index (χ0v) is 13.7. The van der Waals surface area contributed by atoms with Crippen molar-refractivity contribution in [2.24, 2.45) is 0 Å². The Labute approximate surface area is 144 Å². The number of methoxy groups -OCH3 is 1. The van der Waals surface area contributed by atoms with Gasteiger partial charge in [0.15, 0.2) is 0 Å². The van der Waals surface area contributed by atoms with Gasteiger partial charge in [0.1, 0.15) is 11.6 Å². The van der Waals surface area contributed by atoms with Gasteiger partial charge in [-0.1, -0.05) is 42.5 Å². The molecule has 1 heterocycles. The van der Waals surface area contributed by atoms with Gasteiger partial charge in [-0.2, -0.15) is 5.10 Å². The summed E-state index contributed by atoms with van der Waals surface area (Å²) in [6, 6.07) is 17.2. The molecule has 0 radical (unpaired) electrons. The van der Waals surface area contributed by atoms with Crippen molar-refractivity contribution >= 4 is 6.08 Å². The fourth-order valence-electron chi connectivity index (χ4n) is 2.41. The third-order valence-electron chi connectivity index (χ3n) is 3.71. The molecule has 3 rings (SSSR count). The fourth-order valence-corrected chi connectivity index (χ4v) is 2.41. The maximum atomic E-state index is 14.2. The Morgan fingerprint density at radius 3 is 2.64 bits per heavy atom. The lowest BCUT2D eigenvalue weighted by molar-refractivity contribution is 0.411. The van der Waals surface area contributed by atoms with Gasteiger partial charge in [0.05, 0.1) is 19.3 Å². The van der Waals surface area contributed by atoms with E-state index in [1.165, 1.54) is 30.0 Å². The first-order valence-corrected chi connectivity index (χ1v) is 7.81. The van der Waals surface area contributed by atoms with Crippen molar-refractivity contribution in [1.82, 2.24) is 9.78 Å². The number of nitrogens with zero attached hydrogens (tertiary/aromatic N) is 2. The van der Waals surface area contributed by atoms with Gasteiger partial charge in [-0.25, -0.2) is 9.07 Å². The molecule has 0 aliphatic heterocycles. The van der Waals surface area contributed by atoms with Gasteiger partial charge in [-0.05, 0) is 23.8 Å². The minimum Gasteiger partial charge on any atom is -0.497 e. The van der Waals surface area contributed by atoms with Crippen molar-refractivity contribution in [3.05, 3.63) is 88.5 Å². The van der Waals surface area contributed by atoms with Crippen LogP contribution in [0.3, 0.4) is 0 Å². The van der Waals surface area contributed by atoms with Crippen LogP contribution in [0.4, 0.5) is 4.39 Å². The van der Waals surface area contributed by atoms with Crippen molar-refractivity contribution < 1.29 is 9.13 Å². The van der Waals surface area contributed by atoms with Crippen molar-refractivity contribution in [1.29, 1.82) is 0 Å². The number of aromatic nitrogens is 2. The van der Waals surface area contributed by atoms with Crippen LogP contribution in [0.1, 0.15) is 5.56 Å². The van der Waals surface area contributed by atoms with Crippen LogP contribution < -0.4 is 10.3 Å². The standard InChI is InChI=1S/C20H17FN2O2/c1-25-16-9-10-17(18(21)14-16)19-11-12-20(24)23(22-19)13-5-8-15-6-3-2-4-7-15/h2-12,14H,13H2,1H3/b8-5+. The van der Waals surface area contributed by atoms with Gasteiger partial charge in [0.25, 0.3) is 5.56 Å². The Morgan fingerprint density at radius 2 is 1.92 bits per heavy atom. The van der Waals surface area contributed by atoms with Crippen molar-refractivity contribution in [3.8, 4) is 17.0 Å². The quantitative estimate of drug-likeness (QED) is 0.712. The summed E-state index contributed by atoms with van der Waals surface area (Å²) in [7, 11) is 1.48. The molecule has 25 heavy (non-hydrogen) atoms. The zero-order chi connectivity index (χ0) is 17.6. The molecule has 0 aliphatic carbocycles. The zero-order valence-electron chi connectivity index (χ0n) is 13.7. The first-order chi connectivity index (χ1) is 12.2. The predicted octanol–water partition coefficient (Wildman–Crippen LogP) is 3.77. The van der Waals surface area contributed by atoms with Gasteiger partial charge in [0, 0.05) is 17.7 Å². The number of benzene rings is 2. The summed E-state index contributed by atoms with van der Waals surface area (Å²) in [5.41, 5.74) is 1.51. The molecular formula is C20H17FN2O2. The van der Waals surface area contributed by atoms with Crippen molar-refractivity contribution in [3.63, 3.8) is 0 Å². The Morgan fingerprint density at radius 1 is 1.12 bits per heavy atom. The molecule has 0 spiro atoms. The Bertz CT molecular complexity index is 949. The van der Waals surface area contributed by atoms with Crippen molar-refractivity contribution in [2.75, 3.05) is 7.11 Å². The molecule has 0 saturated heterocycles. The van der Waals surface area contributed by atoms with E-state index in [9.17, 15) is 9.18 Å². The number of halogens is 1. The van der Waals surface area contributed by atoms with Gasteiger partial charge in [-0.15, -0.1) is 0 Å². The lowest BCUT2D eigenvalue weighted by atomic mass is 10.1. The molecule has 4 nitrogen and oxygen atoms in total. The van der Waals surface area contributed by atoms with E-state index < -0.39 is 5.82 Å². The molecule has 3 aromatic rings. The average molecular weight is 336 g/mol. The monoisotopic (exact) mass is 336 g/mol. The van der Waals surface area contributed by atoms with Gasteiger partial charge >= 0.3 is 0 Å². The van der Waals surface area contributed by atoms with Crippen molar-refractivity contribution in [2.45, 2.75) is 6.54 Å². The molecule has 1 aromatic heterocycles. The lowest BCUT2D eigenvalue weighted by Crippen LogP contribution is -2.21. The molecule has 0 fully saturated rings. The molecule has 0 unspecified atom stereocenters. The molecule has 126 valence electrons. The van der Waals surface area contributed by atoms with Crippen LogP contribution in [0, 0.1) is 5.82 Å². The van der Waals surface area contributed by atoms with Crippen LogP contribution in [0.15, 0.2) is 71.5 Å². The van der Waals surface area contributed by atoms with E-state index in [0.717, 1.165) is 5.56 Å². The molecular weight excluding hydrogens is 319 g/mol. The molecule has 0 bridgehead atoms. The molecule has 5 heteroatoms. The van der Waals surface area contributed by atoms with E-state index in [1.807, 2.05) is 42.5 Å². The largest absolute Gasteiger partial charge is 0.497 e. The lowest BCUT2D eigenvalue weighted by Gasteiger charge is -2.07. The van der Waals surface area contributed by atoms with E-state index in [1.54, 1.807) is 12.1 Å². The van der Waals surface area contributed by atoms with Crippen LogP contribution in [0.2, 0.25) is 0 Å². The van der Waals surface area contributed by atoms with E-state index in [2.05, 4.69) is 5.10 Å². The first kappa shape index (κ1) is 16.6. The minimum atomic E-state index is -0.447. The summed E-state index contributed by atoms with van der Waals surface area (Å²) in [6.45, 7) is 0.305. The Kier molecular flexibility index (Phi) is 5.04. The Balaban J connectivity index is 1.86. The Hall–Kier alpha value is -3.21. The maximum Gasteiger partial charge on any atom is 0.267 e. The summed E-state index contributed by atoms with van der Waals surface area (Å²) >= 11 is 0. The van der Waals surface area contributed by atoms with E-state index in [-0.39, 0.29) is 5.56 Å². The number of rotatable bonds is 5. The minimum absolute atomic E-state index is 0.240. The van der Waals surface area contributed by atoms with Crippen LogP contribution in [-0.2, 0) is 6.54 Å². The molecule has 0 amide bonds. The number of ether oxygens (including phenoxy) is 1. The highest BCUT2D eigenvalue weighted by atomic mass is 19.1. The smallest absolute Gasteiger partial charge is 0.267 e. The highest BCUT2D eigenvalue weighted by Gasteiger charge is 2.09. The van der Waals surface area contributed by atoms with Crippen LogP contribution in [0.5, 0.6) is 5.75 Å². The molecule has 0 saturated carbocycles. The average Bonchev–Trinajstić information content (AvgIpc) is 2.64. The summed E-state index contributed by atoms with van der Waals surface area (Å²) in [6.07, 6.45) is 3.76. The second kappa shape index (κ2) is 7.57. The number of allylic oxidation sites excluding steroid dienone is 1. The highest BCUT2D eigenvalue weighted by Crippen LogP contribution is 2.23. The summed E-state index contributed by atoms with van der Waals surface area (Å²) in [5, 5.41) is 4.26. The normalized spacial score (nSPS) is 11.0. The van der Waals surface area contributed by atoms with Gasteiger partial charge in [0.2, 0.25) is 0 Å². The second-order valence-corrected chi connectivity index (χ2v) is 5.40. The summed E-state index contributed by atoms with van der Waals surface area (Å²) < 4.78 is 20.5. The van der Waals surface area contributed by atoms with Crippen LogP contribution >= 0.6 is 0 Å². The highest BCUT2D eigenvalue weighted by molar-refractivity contribution is 5.60. The van der Waals surface area contributed by atoms with Gasteiger partial charge < -0.3 is 4.74 Å². The van der Waals surface area contributed by atoms with E-state index >= 15 is 0 Å². The molecule has 2 aromatic carbocycles. The maximum absolute atomic E-state index is 14.2. The van der Waals surface area contributed by atoms with Crippen LogP contribution in [-0.4, -0.2) is 16.9 Å². The summed E-state index contributed by atoms with van der Waals surface area (Å²) in [4.78, 5) is 12.0. The SMILES string of the molecule is COc1ccc(-c2ccc(=O)n(C/C=C/c3ccccc3)n2)c(F)c1. The molecule has 0 N–H and O–H groups in total. The molecule has 0 aliphatic rings. The van der Waals surface area contributed by atoms with E-state index in [0.29, 0.717) is 23.6 Å². The second-order valence-electron chi connectivity index (χ2n) is 5.40. The summed E-state index contributed by atoms with van der Waals surface area (Å²) in [5.74, 6) is -0.0164. The van der Waals surface area contributed by atoms with E-state index in [4.69, 9.17) is 4.74 Å². The fraction of sp³-hybridized carbons (Fsp3) is 0.100. The predicted molar refractivity (Wildman–Crippen MR) is 95.9 cm³/mol.